The highest BCUT2D eigenvalue weighted by atomic mass is 16.5. The fourth-order valence-electron chi connectivity index (χ4n) is 4.47. The minimum absolute atomic E-state index is 0.0116. The van der Waals surface area contributed by atoms with E-state index >= 15 is 0 Å². The molecule has 0 radical (unpaired) electrons. The number of hydrogen-bond acceptors (Lipinski definition) is 4. The topological polar surface area (TPSA) is 66.8 Å². The van der Waals surface area contributed by atoms with Gasteiger partial charge in [-0.1, -0.05) is 38.0 Å². The molecule has 1 heterocycles. The summed E-state index contributed by atoms with van der Waals surface area (Å²) >= 11 is 0. The van der Waals surface area contributed by atoms with Gasteiger partial charge in [-0.3, -0.25) is 4.79 Å². The van der Waals surface area contributed by atoms with Gasteiger partial charge < -0.3 is 14.8 Å². The zero-order valence-electron chi connectivity index (χ0n) is 13.7. The maximum Gasteiger partial charge on any atom is 0.455 e. The van der Waals surface area contributed by atoms with Gasteiger partial charge in [0.2, 0.25) is 0 Å². The molecule has 2 N–H and O–H groups in total. The van der Waals surface area contributed by atoms with Crippen molar-refractivity contribution in [3.05, 3.63) is 35.5 Å². The van der Waals surface area contributed by atoms with E-state index in [0.29, 0.717) is 12.7 Å². The molecule has 3 rings (SSSR count). The normalized spacial score (nSPS) is 33.8. The number of hydrogen-bond donors (Lipinski definition) is 2. The highest BCUT2D eigenvalue weighted by molar-refractivity contribution is 6.43. The van der Waals surface area contributed by atoms with Crippen LogP contribution in [0.15, 0.2) is 35.5 Å². The van der Waals surface area contributed by atoms with E-state index in [2.05, 4.69) is 13.5 Å². The van der Waals surface area contributed by atoms with Crippen molar-refractivity contribution in [3.8, 4) is 0 Å². The van der Waals surface area contributed by atoms with E-state index < -0.39 is 7.12 Å². The predicted molar refractivity (Wildman–Crippen MR) is 89.7 cm³/mol. The number of carbonyl (C=O) groups excluding carboxylic acids is 1. The highest BCUT2D eigenvalue weighted by Gasteiger charge is 2.49. The van der Waals surface area contributed by atoms with Crippen molar-refractivity contribution in [1.29, 1.82) is 0 Å². The quantitative estimate of drug-likeness (QED) is 0.617. The first-order valence-electron chi connectivity index (χ1n) is 8.63. The van der Waals surface area contributed by atoms with Crippen molar-refractivity contribution >= 4 is 12.9 Å². The van der Waals surface area contributed by atoms with Crippen LogP contribution in [0.1, 0.15) is 32.6 Å². The first kappa shape index (κ1) is 16.7. The van der Waals surface area contributed by atoms with Crippen LogP contribution in [0.25, 0.3) is 0 Å². The lowest BCUT2D eigenvalue weighted by Gasteiger charge is -2.47. The summed E-state index contributed by atoms with van der Waals surface area (Å²) < 4.78 is 5.77. The largest absolute Gasteiger partial charge is 0.455 e. The Morgan fingerprint density at radius 2 is 2.17 bits per heavy atom. The Bertz CT molecular complexity index is 565. The molecule has 124 valence electrons. The van der Waals surface area contributed by atoms with Crippen molar-refractivity contribution < 1.29 is 19.6 Å². The third kappa shape index (κ3) is 2.98. The number of rotatable bonds is 4. The van der Waals surface area contributed by atoms with Crippen molar-refractivity contribution in [2.24, 2.45) is 17.8 Å². The van der Waals surface area contributed by atoms with Crippen molar-refractivity contribution in [1.82, 2.24) is 0 Å². The van der Waals surface area contributed by atoms with Crippen molar-refractivity contribution in [2.45, 2.75) is 45.0 Å². The number of carbonyl (C=O) groups is 1. The second-order valence-electron chi connectivity index (χ2n) is 6.93. The smallest absolute Gasteiger partial charge is 0.427 e. The van der Waals surface area contributed by atoms with Crippen LogP contribution in [-0.2, 0) is 9.45 Å². The Balaban J connectivity index is 2.01. The van der Waals surface area contributed by atoms with Crippen LogP contribution in [0.3, 0.4) is 0 Å². The molecule has 1 aliphatic heterocycles. The summed E-state index contributed by atoms with van der Waals surface area (Å²) in [7, 11) is -0.837. The van der Waals surface area contributed by atoms with E-state index in [4.69, 9.17) is 4.65 Å². The fraction of sp³-hybridized carbons (Fsp3) is 0.611. The van der Waals surface area contributed by atoms with Gasteiger partial charge in [0.25, 0.3) is 0 Å². The van der Waals surface area contributed by atoms with E-state index in [1.807, 2.05) is 0 Å². The lowest BCUT2D eigenvalue weighted by Crippen LogP contribution is -2.48. The van der Waals surface area contributed by atoms with Gasteiger partial charge in [0.1, 0.15) is 0 Å². The molecule has 5 heteroatoms. The van der Waals surface area contributed by atoms with Crippen LogP contribution in [0.2, 0.25) is 6.32 Å². The van der Waals surface area contributed by atoms with E-state index in [1.165, 1.54) is 0 Å². The summed E-state index contributed by atoms with van der Waals surface area (Å²) in [5, 5.41) is 20.0. The molecular weight excluding hydrogens is 291 g/mol. The van der Waals surface area contributed by atoms with Crippen LogP contribution in [0, 0.1) is 17.8 Å². The van der Waals surface area contributed by atoms with Gasteiger partial charge in [0.15, 0.2) is 5.78 Å². The SMILES string of the molecule is C=C1C=CC(=O)[C@@H]2[C@H]1CC(CO)=C1[C@@H](CCCC)OB(O)C[C@@H]12. The predicted octanol–water partition coefficient (Wildman–Crippen LogP) is 2.29. The molecule has 0 aromatic rings. The van der Waals surface area contributed by atoms with Crippen LogP contribution in [0.4, 0.5) is 0 Å². The standard InChI is InChI=1S/C18H25BO4/c1-3-4-5-16-17-12(10-20)8-13-11(2)6-7-15(21)18(13)14(17)9-19(22)23-16/h6-7,13-14,16,18,20,22H,2-5,8-10H2,1H3/t13-,14-,16+,18+/m0/s1. The zero-order valence-corrected chi connectivity index (χ0v) is 13.7. The van der Waals surface area contributed by atoms with Gasteiger partial charge in [0.05, 0.1) is 12.7 Å². The summed E-state index contributed by atoms with van der Waals surface area (Å²) in [5.74, 6) is -0.0538. The van der Waals surface area contributed by atoms with Gasteiger partial charge in [-0.25, -0.2) is 0 Å². The zero-order chi connectivity index (χ0) is 16.6. The second-order valence-corrected chi connectivity index (χ2v) is 6.93. The van der Waals surface area contributed by atoms with Crippen LogP contribution >= 0.6 is 0 Å². The van der Waals surface area contributed by atoms with E-state index in [9.17, 15) is 14.9 Å². The minimum Gasteiger partial charge on any atom is -0.427 e. The number of fused-ring (bicyclic) bond motifs is 3. The molecule has 3 aliphatic rings. The second kappa shape index (κ2) is 6.75. The molecule has 0 aromatic heterocycles. The molecule has 0 amide bonds. The summed E-state index contributed by atoms with van der Waals surface area (Å²) in [5.41, 5.74) is 3.00. The summed E-state index contributed by atoms with van der Waals surface area (Å²) in [4.78, 5) is 12.5. The average molecular weight is 316 g/mol. The first-order chi connectivity index (χ1) is 11.1. The summed E-state index contributed by atoms with van der Waals surface area (Å²) in [6.07, 6.45) is 7.21. The van der Waals surface area contributed by atoms with Crippen LogP contribution in [-0.4, -0.2) is 35.7 Å². The molecule has 4 nitrogen and oxygen atoms in total. The van der Waals surface area contributed by atoms with Crippen molar-refractivity contribution in [3.63, 3.8) is 0 Å². The fourth-order valence-corrected chi connectivity index (χ4v) is 4.47. The lowest BCUT2D eigenvalue weighted by atomic mass is 9.55. The number of ketones is 1. The number of unbranched alkanes of at least 4 members (excludes halogenated alkanes) is 1. The molecule has 4 atom stereocenters. The first-order valence-corrected chi connectivity index (χ1v) is 8.63. The van der Waals surface area contributed by atoms with Gasteiger partial charge in [0, 0.05) is 5.92 Å². The Labute approximate surface area is 138 Å². The maximum atomic E-state index is 12.5. The number of aliphatic hydroxyl groups is 1. The van der Waals surface area contributed by atoms with Gasteiger partial charge in [-0.05, 0) is 48.2 Å². The highest BCUT2D eigenvalue weighted by Crippen LogP contribution is 2.50. The van der Waals surface area contributed by atoms with Crippen molar-refractivity contribution in [2.75, 3.05) is 6.61 Å². The Morgan fingerprint density at radius 3 is 2.87 bits per heavy atom. The minimum atomic E-state index is -0.837. The van der Waals surface area contributed by atoms with Crippen LogP contribution in [0.5, 0.6) is 0 Å². The third-order valence-corrected chi connectivity index (χ3v) is 5.54. The monoisotopic (exact) mass is 316 g/mol. The van der Waals surface area contributed by atoms with Gasteiger partial charge >= 0.3 is 7.12 Å². The molecule has 0 aromatic carbocycles. The molecular formula is C18H25BO4. The molecule has 0 bridgehead atoms. The van der Waals surface area contributed by atoms with E-state index in [0.717, 1.165) is 36.0 Å². The molecule has 2 aliphatic carbocycles. The third-order valence-electron chi connectivity index (χ3n) is 5.54. The average Bonchev–Trinajstić information content (AvgIpc) is 2.54. The Morgan fingerprint density at radius 1 is 1.39 bits per heavy atom. The van der Waals surface area contributed by atoms with E-state index in [1.54, 1.807) is 12.2 Å². The van der Waals surface area contributed by atoms with Gasteiger partial charge in [-0.15, -0.1) is 0 Å². The number of allylic oxidation sites excluding steroid dienone is 3. The van der Waals surface area contributed by atoms with E-state index in [-0.39, 0.29) is 36.2 Å². The molecule has 0 spiro atoms. The lowest BCUT2D eigenvalue weighted by molar-refractivity contribution is -0.121. The van der Waals surface area contributed by atoms with Gasteiger partial charge in [-0.2, -0.15) is 0 Å². The molecule has 23 heavy (non-hydrogen) atoms. The molecule has 1 fully saturated rings. The maximum absolute atomic E-state index is 12.5. The summed E-state index contributed by atoms with van der Waals surface area (Å²) in [6.45, 7) is 6.20. The number of aliphatic hydroxyl groups excluding tert-OH is 1. The molecule has 0 saturated carbocycles. The molecule has 0 unspecified atom stereocenters. The Kier molecular flexibility index (Phi) is 4.90. The summed E-state index contributed by atoms with van der Waals surface area (Å²) in [6, 6.07) is 0. The molecule has 1 saturated heterocycles. The van der Waals surface area contributed by atoms with Crippen LogP contribution < -0.4 is 0 Å². The Hall–Kier alpha value is -1.17.